The van der Waals surface area contributed by atoms with Gasteiger partial charge in [0, 0.05) is 11.8 Å². The molecule has 0 radical (unpaired) electrons. The maximum Gasteiger partial charge on any atom is 0.306 e. The van der Waals surface area contributed by atoms with Crippen molar-refractivity contribution in [1.82, 2.24) is 0 Å². The summed E-state index contributed by atoms with van der Waals surface area (Å²) >= 11 is 0. The first-order valence-corrected chi connectivity index (χ1v) is 4.62. The molecule has 0 saturated carbocycles. The van der Waals surface area contributed by atoms with Crippen LogP contribution in [0.15, 0.2) is 0 Å². The van der Waals surface area contributed by atoms with Gasteiger partial charge in [0.05, 0.1) is 5.92 Å². The third-order valence-corrected chi connectivity index (χ3v) is 2.18. The Balaban J connectivity index is 4.07. The molecule has 0 aliphatic heterocycles. The van der Waals surface area contributed by atoms with E-state index in [0.717, 1.165) is 0 Å². The Bertz CT molecular complexity index is 196. The fraction of sp³-hybridized carbons (Fsp3) is 0.800. The molecule has 0 aromatic heterocycles. The van der Waals surface area contributed by atoms with E-state index in [0.29, 0.717) is 6.42 Å². The van der Waals surface area contributed by atoms with Crippen LogP contribution in [0.4, 0.5) is 0 Å². The van der Waals surface area contributed by atoms with Crippen molar-refractivity contribution in [3.05, 3.63) is 0 Å². The summed E-state index contributed by atoms with van der Waals surface area (Å²) in [5.74, 6) is -1.27. The predicted octanol–water partition coefficient (Wildman–Crippen LogP) is 1.96. The first-order chi connectivity index (χ1) is 5.86. The minimum absolute atomic E-state index is 0.00371. The van der Waals surface area contributed by atoms with Gasteiger partial charge in [-0.15, -0.1) is 0 Å². The molecule has 0 heterocycles. The highest BCUT2D eigenvalue weighted by atomic mass is 16.4. The molecule has 13 heavy (non-hydrogen) atoms. The van der Waals surface area contributed by atoms with Gasteiger partial charge in [0.2, 0.25) is 0 Å². The number of carboxylic acids is 1. The second-order valence-corrected chi connectivity index (χ2v) is 3.93. The van der Waals surface area contributed by atoms with Crippen molar-refractivity contribution in [2.45, 2.75) is 34.1 Å². The minimum Gasteiger partial charge on any atom is -0.481 e. The van der Waals surface area contributed by atoms with Crippen molar-refractivity contribution in [3.63, 3.8) is 0 Å². The van der Waals surface area contributed by atoms with Crippen LogP contribution in [0.3, 0.4) is 0 Å². The molecule has 3 nitrogen and oxygen atoms in total. The number of carbonyl (C=O) groups is 2. The van der Waals surface area contributed by atoms with Gasteiger partial charge in [0.25, 0.3) is 0 Å². The Hall–Kier alpha value is -0.860. The topological polar surface area (TPSA) is 54.4 Å². The van der Waals surface area contributed by atoms with Crippen LogP contribution >= 0.6 is 0 Å². The first kappa shape index (κ1) is 12.1. The smallest absolute Gasteiger partial charge is 0.306 e. The van der Waals surface area contributed by atoms with E-state index in [2.05, 4.69) is 0 Å². The van der Waals surface area contributed by atoms with E-state index >= 15 is 0 Å². The molecule has 0 saturated heterocycles. The molecule has 0 aliphatic carbocycles. The van der Waals surface area contributed by atoms with E-state index in [4.69, 9.17) is 5.11 Å². The number of rotatable bonds is 5. The molecule has 0 aliphatic rings. The van der Waals surface area contributed by atoms with Gasteiger partial charge < -0.3 is 5.11 Å². The molecule has 2 unspecified atom stereocenters. The molecule has 3 heteroatoms. The molecule has 0 fully saturated rings. The second kappa shape index (κ2) is 5.00. The summed E-state index contributed by atoms with van der Waals surface area (Å²) < 4.78 is 0. The lowest BCUT2D eigenvalue weighted by Crippen LogP contribution is -2.22. The van der Waals surface area contributed by atoms with Crippen molar-refractivity contribution in [2.75, 3.05) is 0 Å². The predicted molar refractivity (Wildman–Crippen MR) is 50.4 cm³/mol. The fourth-order valence-corrected chi connectivity index (χ4v) is 1.32. The summed E-state index contributed by atoms with van der Waals surface area (Å²) in [5.41, 5.74) is 0. The van der Waals surface area contributed by atoms with Crippen LogP contribution in [0.2, 0.25) is 0 Å². The second-order valence-electron chi connectivity index (χ2n) is 3.93. The summed E-state index contributed by atoms with van der Waals surface area (Å²) in [4.78, 5) is 21.9. The highest BCUT2D eigenvalue weighted by Crippen LogP contribution is 2.16. The van der Waals surface area contributed by atoms with Gasteiger partial charge in [-0.3, -0.25) is 9.59 Å². The summed E-state index contributed by atoms with van der Waals surface area (Å²) in [7, 11) is 0. The Kier molecular flexibility index (Phi) is 4.67. The molecule has 0 aromatic rings. The molecule has 0 bridgehead atoms. The third-order valence-electron chi connectivity index (χ3n) is 2.18. The van der Waals surface area contributed by atoms with E-state index in [1.165, 1.54) is 0 Å². The van der Waals surface area contributed by atoms with Crippen molar-refractivity contribution >= 4 is 11.8 Å². The van der Waals surface area contributed by atoms with Crippen molar-refractivity contribution in [2.24, 2.45) is 17.8 Å². The van der Waals surface area contributed by atoms with Crippen LogP contribution in [-0.4, -0.2) is 16.9 Å². The first-order valence-electron chi connectivity index (χ1n) is 4.62. The number of hydrogen-bond acceptors (Lipinski definition) is 2. The van der Waals surface area contributed by atoms with Crippen molar-refractivity contribution in [3.8, 4) is 0 Å². The summed E-state index contributed by atoms with van der Waals surface area (Å²) in [5, 5.41) is 8.64. The molecule has 0 spiro atoms. The van der Waals surface area contributed by atoms with Crippen LogP contribution in [0, 0.1) is 17.8 Å². The average Bonchev–Trinajstić information content (AvgIpc) is 2.02. The van der Waals surface area contributed by atoms with Crippen LogP contribution in [0.25, 0.3) is 0 Å². The van der Waals surface area contributed by atoms with Crippen molar-refractivity contribution < 1.29 is 14.7 Å². The number of carboxylic acid groups (broad SMARTS) is 1. The quantitative estimate of drug-likeness (QED) is 0.714. The van der Waals surface area contributed by atoms with E-state index in [9.17, 15) is 9.59 Å². The minimum atomic E-state index is -0.830. The number of Topliss-reactive ketones (excluding diaryl/α,β-unsaturated/α-hetero) is 1. The van der Waals surface area contributed by atoms with E-state index < -0.39 is 11.9 Å². The molecular formula is C10H18O3. The fourth-order valence-electron chi connectivity index (χ4n) is 1.32. The van der Waals surface area contributed by atoms with Gasteiger partial charge in [-0.25, -0.2) is 0 Å². The molecule has 76 valence electrons. The molecule has 1 N–H and O–H groups in total. The number of aliphatic carboxylic acids is 1. The SMILES string of the molecule is CC(C)C(=O)C(C)CC(C)C(=O)O. The lowest BCUT2D eigenvalue weighted by atomic mass is 9.89. The summed E-state index contributed by atoms with van der Waals surface area (Å²) in [6.45, 7) is 7.10. The lowest BCUT2D eigenvalue weighted by molar-refractivity contribution is -0.142. The van der Waals surface area contributed by atoms with E-state index in [1.54, 1.807) is 13.8 Å². The Morgan fingerprint density at radius 2 is 1.54 bits per heavy atom. The van der Waals surface area contributed by atoms with Crippen LogP contribution in [0.5, 0.6) is 0 Å². The maximum atomic E-state index is 11.4. The normalized spacial score (nSPS) is 15.5. The van der Waals surface area contributed by atoms with Crippen molar-refractivity contribution in [1.29, 1.82) is 0 Å². The molecule has 0 aromatic carbocycles. The van der Waals surface area contributed by atoms with E-state index in [-0.39, 0.29) is 17.6 Å². The van der Waals surface area contributed by atoms with Gasteiger partial charge in [-0.2, -0.15) is 0 Å². The maximum absolute atomic E-state index is 11.4. The molecular weight excluding hydrogens is 168 g/mol. The van der Waals surface area contributed by atoms with E-state index in [1.807, 2.05) is 13.8 Å². The van der Waals surface area contributed by atoms with Gasteiger partial charge >= 0.3 is 5.97 Å². The molecule has 0 rings (SSSR count). The zero-order chi connectivity index (χ0) is 10.6. The van der Waals surface area contributed by atoms with Gasteiger partial charge in [0.1, 0.15) is 5.78 Å². The zero-order valence-electron chi connectivity index (χ0n) is 8.70. The summed E-state index contributed by atoms with van der Waals surface area (Å²) in [6.07, 6.45) is 0.437. The van der Waals surface area contributed by atoms with Gasteiger partial charge in [0.15, 0.2) is 0 Å². The Labute approximate surface area is 79.1 Å². The van der Waals surface area contributed by atoms with Crippen LogP contribution in [-0.2, 0) is 9.59 Å². The largest absolute Gasteiger partial charge is 0.481 e. The number of ketones is 1. The highest BCUT2D eigenvalue weighted by molar-refractivity contribution is 5.83. The Morgan fingerprint density at radius 1 is 1.08 bits per heavy atom. The van der Waals surface area contributed by atoms with Crippen LogP contribution in [0.1, 0.15) is 34.1 Å². The monoisotopic (exact) mass is 186 g/mol. The van der Waals surface area contributed by atoms with Crippen LogP contribution < -0.4 is 0 Å². The average molecular weight is 186 g/mol. The van der Waals surface area contributed by atoms with Gasteiger partial charge in [-0.1, -0.05) is 27.7 Å². The standard InChI is InChI=1S/C10H18O3/c1-6(2)9(11)7(3)5-8(4)10(12)13/h6-8H,5H2,1-4H3,(H,12,13). The third kappa shape index (κ3) is 4.06. The molecule has 2 atom stereocenters. The van der Waals surface area contributed by atoms with Gasteiger partial charge in [-0.05, 0) is 6.42 Å². The number of carbonyl (C=O) groups excluding carboxylic acids is 1. The zero-order valence-corrected chi connectivity index (χ0v) is 8.70. The summed E-state index contributed by atoms with van der Waals surface area (Å²) in [6, 6.07) is 0. The Morgan fingerprint density at radius 3 is 1.85 bits per heavy atom. The number of hydrogen-bond donors (Lipinski definition) is 1. The highest BCUT2D eigenvalue weighted by Gasteiger charge is 2.21. The lowest BCUT2D eigenvalue weighted by Gasteiger charge is -2.14. The molecule has 0 amide bonds.